The van der Waals surface area contributed by atoms with Gasteiger partial charge in [-0.25, -0.2) is 0 Å². The van der Waals surface area contributed by atoms with Crippen LogP contribution in [0.3, 0.4) is 0 Å². The van der Waals surface area contributed by atoms with Crippen LogP contribution in [0.5, 0.6) is 0 Å². The fraction of sp³-hybridized carbons (Fsp3) is 0.500. The van der Waals surface area contributed by atoms with Crippen LogP contribution >= 0.6 is 0 Å². The van der Waals surface area contributed by atoms with Crippen molar-refractivity contribution in [2.24, 2.45) is 17.6 Å². The average Bonchev–Trinajstić information content (AvgIpc) is 3.24. The molecule has 0 radical (unpaired) electrons. The number of fused-ring (bicyclic) bond motifs is 4. The Bertz CT molecular complexity index is 870. The summed E-state index contributed by atoms with van der Waals surface area (Å²) in [4.78, 5) is 52.3. The van der Waals surface area contributed by atoms with E-state index in [1.54, 1.807) is 6.07 Å². The van der Waals surface area contributed by atoms with Crippen LogP contribution in [0.15, 0.2) is 24.3 Å². The maximum atomic E-state index is 13.3. The first-order valence-electron chi connectivity index (χ1n) is 9.82. The van der Waals surface area contributed by atoms with E-state index in [4.69, 9.17) is 5.73 Å². The maximum Gasteiger partial charge on any atom is 0.291 e. The number of nitrogens with zero attached hydrogens (tertiary/aromatic N) is 1. The zero-order chi connectivity index (χ0) is 20.1. The number of para-hydroxylation sites is 1. The van der Waals surface area contributed by atoms with Crippen molar-refractivity contribution in [3.8, 4) is 0 Å². The quantitative estimate of drug-likeness (QED) is 0.568. The van der Waals surface area contributed by atoms with Gasteiger partial charge in [-0.2, -0.15) is 0 Å². The molecule has 3 heterocycles. The monoisotopic (exact) mass is 385 g/mol. The van der Waals surface area contributed by atoms with E-state index < -0.39 is 23.3 Å². The number of rotatable bonds is 6. The van der Waals surface area contributed by atoms with E-state index in [1.165, 1.54) is 4.90 Å². The number of nitrogens with one attached hydrogen (secondary N) is 1. The standard InChI is InChI=1S/C20H24N4O4/c1-2-3-10-24-17(26)15-13(8-9-14(21)25)23-20(16(15)18(24)27)11-6-4-5-7-12(11)22-19(20)28/h4-7,13,15-16,23H,2-3,8-10H2,1H3,(H2,21,25)(H,22,28)/p+1/t13-,15+,16-,20-/m0/s1. The van der Waals surface area contributed by atoms with Gasteiger partial charge in [0.05, 0.1) is 5.69 Å². The second-order valence-electron chi connectivity index (χ2n) is 7.89. The van der Waals surface area contributed by atoms with Crippen LogP contribution in [0, 0.1) is 11.8 Å². The summed E-state index contributed by atoms with van der Waals surface area (Å²) in [6, 6.07) is 6.94. The Balaban J connectivity index is 1.79. The molecule has 4 amide bonds. The molecule has 0 bridgehead atoms. The lowest BCUT2D eigenvalue weighted by atomic mass is 9.76. The zero-order valence-electron chi connectivity index (χ0n) is 15.8. The molecule has 4 atom stereocenters. The summed E-state index contributed by atoms with van der Waals surface area (Å²) in [5, 5.41) is 4.71. The number of hydrogen-bond donors (Lipinski definition) is 3. The zero-order valence-corrected chi connectivity index (χ0v) is 15.8. The lowest BCUT2D eigenvalue weighted by Crippen LogP contribution is -2.99. The SMILES string of the molecule is CCCCN1C(=O)[C@@H]2[C@H](CCC(N)=O)[NH2+][C@]3(C(=O)Nc4ccccc43)[C@@H]2C1=O. The van der Waals surface area contributed by atoms with Gasteiger partial charge in [0.1, 0.15) is 17.9 Å². The van der Waals surface area contributed by atoms with Gasteiger partial charge in [-0.15, -0.1) is 0 Å². The number of likely N-dealkylation sites (tertiary alicyclic amines) is 1. The molecule has 4 rings (SSSR count). The number of benzene rings is 1. The Labute approximate surface area is 162 Å². The van der Waals surface area contributed by atoms with Crippen LogP contribution in [0.4, 0.5) is 5.69 Å². The number of amides is 4. The number of anilines is 1. The molecule has 3 aliphatic rings. The smallest absolute Gasteiger partial charge is 0.291 e. The van der Waals surface area contributed by atoms with Gasteiger partial charge in [-0.3, -0.25) is 24.1 Å². The van der Waals surface area contributed by atoms with Crippen LogP contribution < -0.4 is 16.4 Å². The number of hydrogen-bond acceptors (Lipinski definition) is 4. The summed E-state index contributed by atoms with van der Waals surface area (Å²) in [7, 11) is 0. The molecule has 0 aliphatic carbocycles. The molecule has 2 saturated heterocycles. The van der Waals surface area contributed by atoms with E-state index in [2.05, 4.69) is 5.32 Å². The van der Waals surface area contributed by atoms with Crippen molar-refractivity contribution in [1.29, 1.82) is 0 Å². The fourth-order valence-corrected chi connectivity index (χ4v) is 5.09. The van der Waals surface area contributed by atoms with Crippen molar-refractivity contribution in [2.45, 2.75) is 44.2 Å². The van der Waals surface area contributed by atoms with Crippen molar-refractivity contribution in [3.63, 3.8) is 0 Å². The summed E-state index contributed by atoms with van der Waals surface area (Å²) < 4.78 is 0. The second-order valence-corrected chi connectivity index (χ2v) is 7.89. The molecule has 0 saturated carbocycles. The van der Waals surface area contributed by atoms with Gasteiger partial charge >= 0.3 is 0 Å². The maximum absolute atomic E-state index is 13.3. The minimum Gasteiger partial charge on any atom is -0.370 e. The number of carbonyl (C=O) groups is 4. The molecule has 8 heteroatoms. The Morgan fingerprint density at radius 3 is 2.71 bits per heavy atom. The fourth-order valence-electron chi connectivity index (χ4n) is 5.09. The molecule has 5 N–H and O–H groups in total. The first-order chi connectivity index (χ1) is 13.4. The third-order valence-corrected chi connectivity index (χ3v) is 6.33. The first kappa shape index (κ1) is 18.6. The molecule has 1 aromatic rings. The molecule has 8 nitrogen and oxygen atoms in total. The van der Waals surface area contributed by atoms with E-state index in [0.717, 1.165) is 18.4 Å². The predicted molar refractivity (Wildman–Crippen MR) is 99.5 cm³/mol. The van der Waals surface area contributed by atoms with Crippen LogP contribution in [0.1, 0.15) is 38.2 Å². The molecule has 1 spiro atoms. The molecule has 0 aromatic heterocycles. The minimum atomic E-state index is -1.17. The normalized spacial score (nSPS) is 30.7. The van der Waals surface area contributed by atoms with Gasteiger partial charge in [-0.05, 0) is 12.5 Å². The van der Waals surface area contributed by atoms with E-state index in [0.29, 0.717) is 18.7 Å². The highest BCUT2D eigenvalue weighted by Crippen LogP contribution is 2.49. The van der Waals surface area contributed by atoms with Gasteiger partial charge in [0, 0.05) is 24.9 Å². The van der Waals surface area contributed by atoms with E-state index in [-0.39, 0.29) is 30.2 Å². The first-order valence-corrected chi connectivity index (χ1v) is 9.82. The van der Waals surface area contributed by atoms with Crippen molar-refractivity contribution < 1.29 is 24.5 Å². The molecule has 0 unspecified atom stereocenters. The van der Waals surface area contributed by atoms with E-state index in [9.17, 15) is 19.2 Å². The van der Waals surface area contributed by atoms with Gasteiger partial charge < -0.3 is 16.4 Å². The third-order valence-electron chi connectivity index (χ3n) is 6.33. The van der Waals surface area contributed by atoms with Crippen molar-refractivity contribution in [2.75, 3.05) is 11.9 Å². The Morgan fingerprint density at radius 1 is 1.25 bits per heavy atom. The molecular weight excluding hydrogens is 360 g/mol. The highest BCUT2D eigenvalue weighted by atomic mass is 16.2. The Morgan fingerprint density at radius 2 is 2.00 bits per heavy atom. The Hall–Kier alpha value is -2.74. The van der Waals surface area contributed by atoms with Crippen LogP contribution in [-0.2, 0) is 24.7 Å². The van der Waals surface area contributed by atoms with Gasteiger partial charge in [0.2, 0.25) is 23.3 Å². The molecule has 2 fully saturated rings. The number of imide groups is 1. The average molecular weight is 385 g/mol. The summed E-state index contributed by atoms with van der Waals surface area (Å²) >= 11 is 0. The predicted octanol–water partition coefficient (Wildman–Crippen LogP) is -0.554. The van der Waals surface area contributed by atoms with E-state index >= 15 is 0 Å². The molecular formula is C20H25N4O4+. The summed E-state index contributed by atoms with van der Waals surface area (Å²) in [6.45, 7) is 2.36. The summed E-state index contributed by atoms with van der Waals surface area (Å²) in [6.07, 6.45) is 2.05. The number of unbranched alkanes of at least 4 members (excludes halogenated alkanes) is 1. The van der Waals surface area contributed by atoms with Crippen LogP contribution in [-0.4, -0.2) is 41.1 Å². The summed E-state index contributed by atoms with van der Waals surface area (Å²) in [5.74, 6) is -2.64. The minimum absolute atomic E-state index is 0.111. The van der Waals surface area contributed by atoms with Crippen LogP contribution in [0.25, 0.3) is 0 Å². The highest BCUT2D eigenvalue weighted by molar-refractivity contribution is 6.13. The highest BCUT2D eigenvalue weighted by Gasteiger charge is 2.73. The van der Waals surface area contributed by atoms with Gasteiger partial charge in [0.25, 0.3) is 5.91 Å². The lowest BCUT2D eigenvalue weighted by Gasteiger charge is -2.26. The molecule has 1 aromatic carbocycles. The van der Waals surface area contributed by atoms with Crippen LogP contribution in [0.2, 0.25) is 0 Å². The number of quaternary nitrogens is 1. The van der Waals surface area contributed by atoms with Crippen molar-refractivity contribution in [1.82, 2.24) is 4.90 Å². The van der Waals surface area contributed by atoms with Crippen molar-refractivity contribution >= 4 is 29.3 Å². The number of nitrogens with two attached hydrogens (primary N) is 2. The van der Waals surface area contributed by atoms with Crippen molar-refractivity contribution in [3.05, 3.63) is 29.8 Å². The number of primary amides is 1. The largest absolute Gasteiger partial charge is 0.370 e. The molecule has 148 valence electrons. The van der Waals surface area contributed by atoms with E-state index in [1.807, 2.05) is 30.4 Å². The van der Waals surface area contributed by atoms with Gasteiger partial charge in [-0.1, -0.05) is 31.5 Å². The summed E-state index contributed by atoms with van der Waals surface area (Å²) in [5.41, 5.74) is 5.55. The second kappa shape index (κ2) is 6.70. The third kappa shape index (κ3) is 2.47. The molecule has 28 heavy (non-hydrogen) atoms. The topological polar surface area (TPSA) is 126 Å². The number of carbonyl (C=O) groups excluding carboxylic acids is 4. The lowest BCUT2D eigenvalue weighted by molar-refractivity contribution is -0.734. The van der Waals surface area contributed by atoms with Gasteiger partial charge in [0.15, 0.2) is 0 Å². The Kier molecular flexibility index (Phi) is 4.45. The molecule has 3 aliphatic heterocycles.